The molecule has 1 amide bonds. The minimum absolute atomic E-state index is 0.0713. The SMILES string of the molecule is Cc1ncccc1C(=O)N(C)Cc1cccc(C#N)c1. The summed E-state index contributed by atoms with van der Waals surface area (Å²) < 4.78 is 0. The van der Waals surface area contributed by atoms with Crippen molar-refractivity contribution in [2.24, 2.45) is 0 Å². The number of carbonyl (C=O) groups is 1. The van der Waals surface area contributed by atoms with Gasteiger partial charge in [-0.2, -0.15) is 5.26 Å². The summed E-state index contributed by atoms with van der Waals surface area (Å²) in [5.74, 6) is -0.0713. The molecular formula is C16H15N3O. The number of nitriles is 1. The van der Waals surface area contributed by atoms with Crippen LogP contribution in [0.5, 0.6) is 0 Å². The summed E-state index contributed by atoms with van der Waals surface area (Å²) in [5, 5.41) is 8.88. The number of aromatic nitrogens is 1. The van der Waals surface area contributed by atoms with Crippen molar-refractivity contribution in [2.45, 2.75) is 13.5 Å². The molecule has 100 valence electrons. The minimum atomic E-state index is -0.0713. The van der Waals surface area contributed by atoms with Gasteiger partial charge in [0.15, 0.2) is 0 Å². The van der Waals surface area contributed by atoms with Gasteiger partial charge in [0.2, 0.25) is 0 Å². The van der Waals surface area contributed by atoms with Crippen molar-refractivity contribution in [1.29, 1.82) is 5.26 Å². The van der Waals surface area contributed by atoms with E-state index in [1.54, 1.807) is 42.4 Å². The van der Waals surface area contributed by atoms with E-state index in [1.807, 2.05) is 19.1 Å². The van der Waals surface area contributed by atoms with Gasteiger partial charge in [0.25, 0.3) is 5.91 Å². The van der Waals surface area contributed by atoms with E-state index in [2.05, 4.69) is 11.1 Å². The highest BCUT2D eigenvalue weighted by Gasteiger charge is 2.14. The lowest BCUT2D eigenvalue weighted by molar-refractivity contribution is 0.0784. The van der Waals surface area contributed by atoms with Crippen molar-refractivity contribution in [3.8, 4) is 6.07 Å². The maximum Gasteiger partial charge on any atom is 0.255 e. The van der Waals surface area contributed by atoms with Crippen LogP contribution in [-0.4, -0.2) is 22.8 Å². The predicted molar refractivity (Wildman–Crippen MR) is 75.9 cm³/mol. The number of pyridine rings is 1. The number of amides is 1. The normalized spacial score (nSPS) is 9.85. The zero-order valence-corrected chi connectivity index (χ0v) is 11.5. The Kier molecular flexibility index (Phi) is 4.11. The fraction of sp³-hybridized carbons (Fsp3) is 0.188. The van der Waals surface area contributed by atoms with Gasteiger partial charge < -0.3 is 4.90 Å². The minimum Gasteiger partial charge on any atom is -0.337 e. The number of nitrogens with zero attached hydrogens (tertiary/aromatic N) is 3. The summed E-state index contributed by atoms with van der Waals surface area (Å²) in [6, 6.07) is 12.9. The third kappa shape index (κ3) is 3.01. The monoisotopic (exact) mass is 265 g/mol. The molecule has 0 radical (unpaired) electrons. The Labute approximate surface area is 118 Å². The van der Waals surface area contributed by atoms with Crippen LogP contribution in [0.25, 0.3) is 0 Å². The first kappa shape index (κ1) is 13.8. The number of rotatable bonds is 3. The highest BCUT2D eigenvalue weighted by Crippen LogP contribution is 2.11. The summed E-state index contributed by atoms with van der Waals surface area (Å²) in [6.45, 7) is 2.28. The molecule has 0 saturated heterocycles. The van der Waals surface area contributed by atoms with Gasteiger partial charge in [0.1, 0.15) is 0 Å². The van der Waals surface area contributed by atoms with Gasteiger partial charge in [0.05, 0.1) is 17.2 Å². The molecule has 20 heavy (non-hydrogen) atoms. The van der Waals surface area contributed by atoms with E-state index in [0.717, 1.165) is 11.3 Å². The molecule has 0 atom stereocenters. The second kappa shape index (κ2) is 5.98. The Bertz CT molecular complexity index is 673. The summed E-state index contributed by atoms with van der Waals surface area (Å²) >= 11 is 0. The fourth-order valence-corrected chi connectivity index (χ4v) is 2.00. The third-order valence-corrected chi connectivity index (χ3v) is 3.06. The van der Waals surface area contributed by atoms with Crippen LogP contribution in [-0.2, 0) is 6.54 Å². The Morgan fingerprint density at radius 1 is 1.35 bits per heavy atom. The highest BCUT2D eigenvalue weighted by atomic mass is 16.2. The van der Waals surface area contributed by atoms with Crippen LogP contribution in [0.3, 0.4) is 0 Å². The summed E-state index contributed by atoms with van der Waals surface area (Å²) in [6.07, 6.45) is 1.67. The van der Waals surface area contributed by atoms with Crippen LogP contribution in [0, 0.1) is 18.3 Å². The lowest BCUT2D eigenvalue weighted by Crippen LogP contribution is -2.27. The quantitative estimate of drug-likeness (QED) is 0.857. The van der Waals surface area contributed by atoms with Crippen molar-refractivity contribution in [3.63, 3.8) is 0 Å². The zero-order valence-electron chi connectivity index (χ0n) is 11.5. The number of hydrogen-bond donors (Lipinski definition) is 0. The fourth-order valence-electron chi connectivity index (χ4n) is 2.00. The lowest BCUT2D eigenvalue weighted by atomic mass is 10.1. The molecule has 0 unspecified atom stereocenters. The second-order valence-corrected chi connectivity index (χ2v) is 4.61. The van der Waals surface area contributed by atoms with Crippen molar-refractivity contribution in [1.82, 2.24) is 9.88 Å². The van der Waals surface area contributed by atoms with Gasteiger partial charge in [-0.05, 0) is 36.8 Å². The summed E-state index contributed by atoms with van der Waals surface area (Å²) in [5.41, 5.74) is 2.85. The second-order valence-electron chi connectivity index (χ2n) is 4.61. The molecule has 2 aromatic rings. The number of benzene rings is 1. The molecule has 4 nitrogen and oxygen atoms in total. The van der Waals surface area contributed by atoms with Crippen molar-refractivity contribution in [3.05, 3.63) is 65.0 Å². The van der Waals surface area contributed by atoms with Gasteiger partial charge in [-0.3, -0.25) is 9.78 Å². The van der Waals surface area contributed by atoms with Crippen LogP contribution >= 0.6 is 0 Å². The first-order valence-corrected chi connectivity index (χ1v) is 6.28. The van der Waals surface area contributed by atoms with Gasteiger partial charge in [-0.1, -0.05) is 12.1 Å². The molecule has 4 heteroatoms. The smallest absolute Gasteiger partial charge is 0.255 e. The Balaban J connectivity index is 2.16. The predicted octanol–water partition coefficient (Wildman–Crippen LogP) is 2.53. The van der Waals surface area contributed by atoms with E-state index in [9.17, 15) is 4.79 Å². The van der Waals surface area contributed by atoms with Crippen LogP contribution in [0.2, 0.25) is 0 Å². The molecule has 0 saturated carbocycles. The van der Waals surface area contributed by atoms with Crippen molar-refractivity contribution >= 4 is 5.91 Å². The number of aryl methyl sites for hydroxylation is 1. The largest absolute Gasteiger partial charge is 0.337 e. The Morgan fingerprint density at radius 3 is 2.85 bits per heavy atom. The van der Waals surface area contributed by atoms with Gasteiger partial charge in [0, 0.05) is 25.5 Å². The zero-order chi connectivity index (χ0) is 14.5. The number of carbonyl (C=O) groups excluding carboxylic acids is 1. The molecule has 0 spiro atoms. The number of hydrogen-bond acceptors (Lipinski definition) is 3. The summed E-state index contributed by atoms with van der Waals surface area (Å²) in [4.78, 5) is 18.1. The molecule has 0 aliphatic rings. The van der Waals surface area contributed by atoms with E-state index in [-0.39, 0.29) is 5.91 Å². The maximum absolute atomic E-state index is 12.3. The van der Waals surface area contributed by atoms with Gasteiger partial charge >= 0.3 is 0 Å². The third-order valence-electron chi connectivity index (χ3n) is 3.06. The van der Waals surface area contributed by atoms with Crippen LogP contribution in [0.4, 0.5) is 0 Å². The first-order chi connectivity index (χ1) is 9.61. The molecule has 1 heterocycles. The molecule has 0 N–H and O–H groups in total. The van der Waals surface area contributed by atoms with Crippen molar-refractivity contribution < 1.29 is 4.79 Å². The average Bonchev–Trinajstić information content (AvgIpc) is 2.47. The maximum atomic E-state index is 12.3. The molecule has 1 aromatic carbocycles. The lowest BCUT2D eigenvalue weighted by Gasteiger charge is -2.18. The van der Waals surface area contributed by atoms with Crippen molar-refractivity contribution in [2.75, 3.05) is 7.05 Å². The van der Waals surface area contributed by atoms with Crippen LogP contribution < -0.4 is 0 Å². The molecule has 0 fully saturated rings. The van der Waals surface area contributed by atoms with Crippen LogP contribution in [0.1, 0.15) is 27.2 Å². The molecular weight excluding hydrogens is 250 g/mol. The summed E-state index contributed by atoms with van der Waals surface area (Å²) in [7, 11) is 1.74. The Morgan fingerprint density at radius 2 is 2.15 bits per heavy atom. The van der Waals surface area contributed by atoms with Gasteiger partial charge in [-0.25, -0.2) is 0 Å². The molecule has 0 aliphatic heterocycles. The molecule has 0 aliphatic carbocycles. The molecule has 0 bridgehead atoms. The Hall–Kier alpha value is -2.67. The average molecular weight is 265 g/mol. The van der Waals surface area contributed by atoms with Crippen LogP contribution in [0.15, 0.2) is 42.6 Å². The molecule has 2 rings (SSSR count). The highest BCUT2D eigenvalue weighted by molar-refractivity contribution is 5.94. The van der Waals surface area contributed by atoms with E-state index < -0.39 is 0 Å². The standard InChI is InChI=1S/C16H15N3O/c1-12-15(7-4-8-18-12)16(20)19(2)11-14-6-3-5-13(9-14)10-17/h3-9H,11H2,1-2H3. The topological polar surface area (TPSA) is 57.0 Å². The molecule has 1 aromatic heterocycles. The van der Waals surface area contributed by atoms with E-state index >= 15 is 0 Å². The van der Waals surface area contributed by atoms with E-state index in [4.69, 9.17) is 5.26 Å². The van der Waals surface area contributed by atoms with E-state index in [1.165, 1.54) is 0 Å². The van der Waals surface area contributed by atoms with Gasteiger partial charge in [-0.15, -0.1) is 0 Å². The van der Waals surface area contributed by atoms with E-state index in [0.29, 0.717) is 17.7 Å². The first-order valence-electron chi connectivity index (χ1n) is 6.28.